The molecule has 2 N–H and O–H groups in total. The monoisotopic (exact) mass is 332 g/mol. The van der Waals surface area contributed by atoms with E-state index in [-0.39, 0.29) is 18.2 Å². The maximum absolute atomic E-state index is 12.1. The van der Waals surface area contributed by atoms with Crippen molar-refractivity contribution in [2.75, 3.05) is 6.54 Å². The van der Waals surface area contributed by atoms with E-state index in [2.05, 4.69) is 10.0 Å². The Morgan fingerprint density at radius 1 is 0.957 bits per heavy atom. The van der Waals surface area contributed by atoms with Crippen LogP contribution >= 0.6 is 0 Å². The fourth-order valence-corrected chi connectivity index (χ4v) is 3.19. The Balaban J connectivity index is 1.93. The molecule has 6 heteroatoms. The van der Waals surface area contributed by atoms with Crippen molar-refractivity contribution >= 4 is 15.9 Å². The van der Waals surface area contributed by atoms with Gasteiger partial charge in [-0.25, -0.2) is 13.1 Å². The van der Waals surface area contributed by atoms with Gasteiger partial charge in [-0.1, -0.05) is 42.5 Å². The summed E-state index contributed by atoms with van der Waals surface area (Å²) in [7, 11) is -3.40. The molecule has 0 aliphatic heterocycles. The molecule has 2 rings (SSSR count). The van der Waals surface area contributed by atoms with Crippen LogP contribution in [0.1, 0.15) is 28.4 Å². The summed E-state index contributed by atoms with van der Waals surface area (Å²) in [5.41, 5.74) is 2.10. The summed E-state index contributed by atoms with van der Waals surface area (Å²) in [6, 6.07) is 15.9. The molecule has 0 heterocycles. The molecule has 0 bridgehead atoms. The zero-order chi connectivity index (χ0) is 16.7. The van der Waals surface area contributed by atoms with E-state index in [0.29, 0.717) is 12.1 Å². The Kier molecular flexibility index (Phi) is 5.90. The van der Waals surface area contributed by atoms with Gasteiger partial charge in [0.25, 0.3) is 5.91 Å². The third kappa shape index (κ3) is 5.50. The van der Waals surface area contributed by atoms with Crippen molar-refractivity contribution in [3.8, 4) is 0 Å². The van der Waals surface area contributed by atoms with Crippen molar-refractivity contribution in [3.63, 3.8) is 0 Å². The molecule has 0 unspecified atom stereocenters. The van der Waals surface area contributed by atoms with Gasteiger partial charge < -0.3 is 5.32 Å². The zero-order valence-electron chi connectivity index (χ0n) is 13.0. The summed E-state index contributed by atoms with van der Waals surface area (Å²) in [5.74, 6) is -0.186. The van der Waals surface area contributed by atoms with Crippen LogP contribution in [0.15, 0.2) is 54.6 Å². The highest BCUT2D eigenvalue weighted by molar-refractivity contribution is 7.88. The number of hydrogen-bond donors (Lipinski definition) is 2. The first-order valence-corrected chi connectivity index (χ1v) is 9.04. The highest BCUT2D eigenvalue weighted by Crippen LogP contribution is 2.07. The van der Waals surface area contributed by atoms with E-state index in [1.165, 1.54) is 0 Å². The third-order valence-electron chi connectivity index (χ3n) is 3.25. The van der Waals surface area contributed by atoms with Crippen LogP contribution in [0.2, 0.25) is 0 Å². The van der Waals surface area contributed by atoms with Crippen molar-refractivity contribution in [1.82, 2.24) is 10.0 Å². The summed E-state index contributed by atoms with van der Waals surface area (Å²) >= 11 is 0. The molecule has 0 aromatic heterocycles. The molecule has 5 nitrogen and oxygen atoms in total. The maximum atomic E-state index is 12.1. The second-order valence-corrected chi connectivity index (χ2v) is 6.93. The van der Waals surface area contributed by atoms with E-state index in [0.717, 1.165) is 11.1 Å². The van der Waals surface area contributed by atoms with Crippen LogP contribution in [0, 0.1) is 0 Å². The molecule has 0 atom stereocenters. The molecule has 0 saturated heterocycles. The predicted octanol–water partition coefficient (Wildman–Crippen LogP) is 2.06. The fraction of sp³-hybridized carbons (Fsp3) is 0.235. The average Bonchev–Trinajstić information content (AvgIpc) is 2.54. The number of hydrogen-bond acceptors (Lipinski definition) is 3. The normalized spacial score (nSPS) is 11.2. The number of amides is 1. The molecule has 0 saturated carbocycles. The van der Waals surface area contributed by atoms with Gasteiger partial charge in [0.05, 0.1) is 5.75 Å². The van der Waals surface area contributed by atoms with Gasteiger partial charge in [0.15, 0.2) is 0 Å². The molecule has 1 amide bonds. The number of carbonyl (C=O) groups excluding carboxylic acids is 1. The second kappa shape index (κ2) is 7.89. The van der Waals surface area contributed by atoms with Crippen LogP contribution in [-0.4, -0.2) is 20.9 Å². The minimum atomic E-state index is -3.40. The van der Waals surface area contributed by atoms with Gasteiger partial charge >= 0.3 is 0 Å². The lowest BCUT2D eigenvalue weighted by Crippen LogP contribution is -2.25. The van der Waals surface area contributed by atoms with Gasteiger partial charge in [-0.2, -0.15) is 0 Å². The van der Waals surface area contributed by atoms with E-state index in [4.69, 9.17) is 0 Å². The molecule has 2 aromatic rings. The predicted molar refractivity (Wildman–Crippen MR) is 90.4 cm³/mol. The topological polar surface area (TPSA) is 75.3 Å². The number of benzene rings is 2. The molecule has 0 aliphatic carbocycles. The SMILES string of the molecule is CCNC(=O)c1ccc(CNS(=O)(=O)Cc2ccccc2)cc1. The molecule has 122 valence electrons. The van der Waals surface area contributed by atoms with Crippen LogP contribution in [0.25, 0.3) is 0 Å². The number of rotatable bonds is 7. The number of carbonyl (C=O) groups is 1. The average molecular weight is 332 g/mol. The number of sulfonamides is 1. The Bertz CT molecular complexity index is 741. The fourth-order valence-electron chi connectivity index (χ4n) is 2.07. The van der Waals surface area contributed by atoms with E-state index >= 15 is 0 Å². The quantitative estimate of drug-likeness (QED) is 0.815. The summed E-state index contributed by atoms with van der Waals surface area (Å²) in [6.45, 7) is 2.62. The molecular weight excluding hydrogens is 312 g/mol. The van der Waals surface area contributed by atoms with Crippen molar-refractivity contribution in [2.24, 2.45) is 0 Å². The van der Waals surface area contributed by atoms with Crippen molar-refractivity contribution in [1.29, 1.82) is 0 Å². The lowest BCUT2D eigenvalue weighted by Gasteiger charge is -2.08. The summed E-state index contributed by atoms with van der Waals surface area (Å²) in [6.07, 6.45) is 0. The summed E-state index contributed by atoms with van der Waals surface area (Å²) < 4.78 is 26.7. The largest absolute Gasteiger partial charge is 0.352 e. The minimum Gasteiger partial charge on any atom is -0.352 e. The highest BCUT2D eigenvalue weighted by Gasteiger charge is 2.11. The molecule has 0 spiro atoms. The smallest absolute Gasteiger partial charge is 0.251 e. The van der Waals surface area contributed by atoms with E-state index in [1.807, 2.05) is 25.1 Å². The first-order valence-electron chi connectivity index (χ1n) is 7.38. The summed E-state index contributed by atoms with van der Waals surface area (Å²) in [4.78, 5) is 11.7. The van der Waals surface area contributed by atoms with E-state index in [9.17, 15) is 13.2 Å². The molecular formula is C17H20N2O3S. The van der Waals surface area contributed by atoms with Crippen LogP contribution in [0.5, 0.6) is 0 Å². The first-order chi connectivity index (χ1) is 11.0. The molecule has 23 heavy (non-hydrogen) atoms. The van der Waals surface area contributed by atoms with E-state index < -0.39 is 10.0 Å². The molecule has 0 radical (unpaired) electrons. The summed E-state index contributed by atoms with van der Waals surface area (Å²) in [5, 5.41) is 2.71. The van der Waals surface area contributed by atoms with Crippen molar-refractivity contribution in [2.45, 2.75) is 19.2 Å². The molecule has 0 aliphatic rings. The lowest BCUT2D eigenvalue weighted by atomic mass is 10.1. The van der Waals surface area contributed by atoms with Crippen LogP contribution in [0.3, 0.4) is 0 Å². The lowest BCUT2D eigenvalue weighted by molar-refractivity contribution is 0.0956. The number of nitrogens with one attached hydrogen (secondary N) is 2. The molecule has 0 fully saturated rings. The van der Waals surface area contributed by atoms with Gasteiger partial charge in [0.1, 0.15) is 0 Å². The zero-order valence-corrected chi connectivity index (χ0v) is 13.8. The Morgan fingerprint density at radius 3 is 2.22 bits per heavy atom. The Morgan fingerprint density at radius 2 is 1.61 bits per heavy atom. The standard InChI is InChI=1S/C17H20N2O3S/c1-2-18-17(20)16-10-8-14(9-11-16)12-19-23(21,22)13-15-6-4-3-5-7-15/h3-11,19H,2,12-13H2,1H3,(H,18,20). The Labute approximate surface area is 136 Å². The minimum absolute atomic E-state index is 0.0508. The van der Waals surface area contributed by atoms with Gasteiger partial charge in [0, 0.05) is 18.7 Å². The first kappa shape index (κ1) is 17.2. The second-order valence-electron chi connectivity index (χ2n) is 5.12. The van der Waals surface area contributed by atoms with Gasteiger partial charge in [-0.3, -0.25) is 4.79 Å². The van der Waals surface area contributed by atoms with Crippen LogP contribution in [-0.2, 0) is 22.3 Å². The van der Waals surface area contributed by atoms with Crippen LogP contribution in [0.4, 0.5) is 0 Å². The van der Waals surface area contributed by atoms with Gasteiger partial charge in [0.2, 0.25) is 10.0 Å². The maximum Gasteiger partial charge on any atom is 0.251 e. The van der Waals surface area contributed by atoms with Crippen molar-refractivity contribution < 1.29 is 13.2 Å². The van der Waals surface area contributed by atoms with Gasteiger partial charge in [-0.05, 0) is 30.2 Å². The van der Waals surface area contributed by atoms with E-state index in [1.54, 1.807) is 36.4 Å². The van der Waals surface area contributed by atoms with Crippen LogP contribution < -0.4 is 10.0 Å². The van der Waals surface area contributed by atoms with Gasteiger partial charge in [-0.15, -0.1) is 0 Å². The Hall–Kier alpha value is -2.18. The third-order valence-corrected chi connectivity index (χ3v) is 4.55. The van der Waals surface area contributed by atoms with Crippen molar-refractivity contribution in [3.05, 3.63) is 71.3 Å². The molecule has 2 aromatic carbocycles. The highest BCUT2D eigenvalue weighted by atomic mass is 32.2.